The van der Waals surface area contributed by atoms with Gasteiger partial charge in [0.1, 0.15) is 12.4 Å². The molecule has 0 saturated heterocycles. The summed E-state index contributed by atoms with van der Waals surface area (Å²) in [7, 11) is 0. The number of nitrogens with zero attached hydrogens (tertiary/aromatic N) is 1. The van der Waals surface area contributed by atoms with Gasteiger partial charge in [-0.25, -0.2) is 4.79 Å². The zero-order chi connectivity index (χ0) is 17.5. The normalized spacial score (nSPS) is 10.2. The number of ether oxygens (including phenoxy) is 2. The summed E-state index contributed by atoms with van der Waals surface area (Å²) in [4.78, 5) is 23.2. The van der Waals surface area contributed by atoms with Gasteiger partial charge in [0.25, 0.3) is 5.69 Å². The molecule has 0 saturated carbocycles. The third-order valence-corrected chi connectivity index (χ3v) is 4.03. The molecule has 126 valence electrons. The maximum Gasteiger partial charge on any atom is 0.338 e. The van der Waals surface area contributed by atoms with Crippen molar-refractivity contribution in [1.29, 1.82) is 0 Å². The molecule has 0 amide bonds. The van der Waals surface area contributed by atoms with Crippen molar-refractivity contribution in [3.05, 3.63) is 63.7 Å². The van der Waals surface area contributed by atoms with Crippen LogP contribution in [0.1, 0.15) is 22.8 Å². The second-order valence-electron chi connectivity index (χ2n) is 4.76. The number of carbonyl (C=O) groups excluding carboxylic acids is 1. The van der Waals surface area contributed by atoms with Crippen molar-refractivity contribution in [2.75, 3.05) is 12.9 Å². The maximum atomic E-state index is 12.2. The van der Waals surface area contributed by atoms with Gasteiger partial charge in [-0.1, -0.05) is 18.2 Å². The second-order valence-corrected chi connectivity index (χ2v) is 5.61. The highest BCUT2D eigenvalue weighted by Crippen LogP contribution is 2.28. The van der Waals surface area contributed by atoms with Crippen LogP contribution in [-0.4, -0.2) is 23.8 Å². The number of hydrogen-bond donors (Lipinski definition) is 0. The maximum absolute atomic E-state index is 12.2. The average Bonchev–Trinajstić information content (AvgIpc) is 2.60. The molecule has 0 spiro atoms. The molecule has 0 fully saturated rings. The number of thioether (sulfide) groups is 1. The molecule has 7 heteroatoms. The topological polar surface area (TPSA) is 78.7 Å². The van der Waals surface area contributed by atoms with Crippen molar-refractivity contribution in [2.24, 2.45) is 0 Å². The monoisotopic (exact) mass is 347 g/mol. The summed E-state index contributed by atoms with van der Waals surface area (Å²) in [6.07, 6.45) is 1.74. The van der Waals surface area contributed by atoms with Crippen molar-refractivity contribution in [3.8, 4) is 5.75 Å². The summed E-state index contributed by atoms with van der Waals surface area (Å²) >= 11 is 1.25. The third-order valence-electron chi connectivity index (χ3n) is 3.24. The van der Waals surface area contributed by atoms with Crippen LogP contribution in [0.2, 0.25) is 0 Å². The summed E-state index contributed by atoms with van der Waals surface area (Å²) in [5.41, 5.74) is 0.781. The molecule has 2 aromatic carbocycles. The lowest BCUT2D eigenvalue weighted by molar-refractivity contribution is -0.387. The first kappa shape index (κ1) is 17.8. The summed E-state index contributed by atoms with van der Waals surface area (Å²) < 4.78 is 10.7. The van der Waals surface area contributed by atoms with Crippen LogP contribution in [0.25, 0.3) is 0 Å². The fourth-order valence-electron chi connectivity index (χ4n) is 2.11. The van der Waals surface area contributed by atoms with E-state index in [1.807, 2.05) is 19.1 Å². The summed E-state index contributed by atoms with van der Waals surface area (Å²) in [5, 5.41) is 11.1. The van der Waals surface area contributed by atoms with Crippen LogP contribution >= 0.6 is 11.8 Å². The van der Waals surface area contributed by atoms with Crippen LogP contribution in [0.4, 0.5) is 5.69 Å². The zero-order valence-electron chi connectivity index (χ0n) is 13.4. The van der Waals surface area contributed by atoms with Crippen LogP contribution in [0.3, 0.4) is 0 Å². The van der Waals surface area contributed by atoms with E-state index in [-0.39, 0.29) is 17.9 Å². The van der Waals surface area contributed by atoms with Gasteiger partial charge in [-0.15, -0.1) is 11.8 Å². The number of hydrogen-bond acceptors (Lipinski definition) is 6. The molecule has 0 aromatic heterocycles. The molecule has 2 aromatic rings. The van der Waals surface area contributed by atoms with E-state index in [1.165, 1.54) is 23.9 Å². The predicted octanol–water partition coefficient (Wildman–Crippen LogP) is 4.07. The van der Waals surface area contributed by atoms with Gasteiger partial charge in [0, 0.05) is 11.6 Å². The molecule has 0 heterocycles. The molecular weight excluding hydrogens is 330 g/mol. The summed E-state index contributed by atoms with van der Waals surface area (Å²) in [6, 6.07) is 11.6. The quantitative estimate of drug-likeness (QED) is 0.325. The molecule has 24 heavy (non-hydrogen) atoms. The summed E-state index contributed by atoms with van der Waals surface area (Å²) in [5.74, 6) is 0.0357. The lowest BCUT2D eigenvalue weighted by Crippen LogP contribution is -2.07. The Morgan fingerprint density at radius 1 is 1.25 bits per heavy atom. The minimum atomic E-state index is -0.614. The minimum absolute atomic E-state index is 0.0348. The van der Waals surface area contributed by atoms with Gasteiger partial charge in [-0.2, -0.15) is 0 Å². The Labute approximate surface area is 143 Å². The van der Waals surface area contributed by atoms with E-state index < -0.39 is 10.9 Å². The second kappa shape index (κ2) is 8.35. The van der Waals surface area contributed by atoms with Crippen molar-refractivity contribution in [2.45, 2.75) is 18.4 Å². The van der Waals surface area contributed by atoms with Crippen molar-refractivity contribution >= 4 is 23.4 Å². The van der Waals surface area contributed by atoms with Gasteiger partial charge in [-0.05, 0) is 31.4 Å². The van der Waals surface area contributed by atoms with E-state index in [2.05, 4.69) is 0 Å². The smallest absolute Gasteiger partial charge is 0.338 e. The summed E-state index contributed by atoms with van der Waals surface area (Å²) in [6.45, 7) is 2.41. The van der Waals surface area contributed by atoms with Gasteiger partial charge >= 0.3 is 5.97 Å². The first-order valence-corrected chi connectivity index (χ1v) is 8.49. The molecule has 0 bridgehead atoms. The van der Waals surface area contributed by atoms with E-state index in [4.69, 9.17) is 9.47 Å². The molecular formula is C17H17NO5S. The molecule has 0 radical (unpaired) electrons. The number of carbonyl (C=O) groups is 1. The van der Waals surface area contributed by atoms with Crippen LogP contribution in [0.15, 0.2) is 47.4 Å². The number of rotatable bonds is 7. The Bertz CT molecular complexity index is 748. The minimum Gasteiger partial charge on any atom is -0.493 e. The molecule has 0 atom stereocenters. The molecule has 6 nitrogen and oxygen atoms in total. The number of nitro benzene ring substituents is 1. The first-order chi connectivity index (χ1) is 11.6. The molecule has 2 rings (SSSR count). The Hall–Kier alpha value is -2.54. The van der Waals surface area contributed by atoms with E-state index in [0.29, 0.717) is 17.3 Å². The number of nitro groups is 1. The van der Waals surface area contributed by atoms with Crippen molar-refractivity contribution in [3.63, 3.8) is 0 Å². The molecule has 0 N–H and O–H groups in total. The van der Waals surface area contributed by atoms with Crippen LogP contribution < -0.4 is 4.74 Å². The zero-order valence-corrected chi connectivity index (χ0v) is 14.2. The van der Waals surface area contributed by atoms with E-state index in [0.717, 1.165) is 5.56 Å². The fraction of sp³-hybridized carbons (Fsp3) is 0.235. The van der Waals surface area contributed by atoms with Crippen LogP contribution in [0.5, 0.6) is 5.75 Å². The Balaban J connectivity index is 2.13. The van der Waals surface area contributed by atoms with Crippen LogP contribution in [0, 0.1) is 10.1 Å². The van der Waals surface area contributed by atoms with Gasteiger partial charge < -0.3 is 9.47 Å². The van der Waals surface area contributed by atoms with E-state index >= 15 is 0 Å². The highest BCUT2D eigenvalue weighted by atomic mass is 32.2. The predicted molar refractivity (Wildman–Crippen MR) is 91.6 cm³/mol. The van der Waals surface area contributed by atoms with Gasteiger partial charge in [0.15, 0.2) is 0 Å². The highest BCUT2D eigenvalue weighted by Gasteiger charge is 2.18. The molecule has 0 unspecified atom stereocenters. The highest BCUT2D eigenvalue weighted by molar-refractivity contribution is 7.98. The number of benzene rings is 2. The average molecular weight is 347 g/mol. The van der Waals surface area contributed by atoms with Crippen molar-refractivity contribution < 1.29 is 19.2 Å². The number of esters is 1. The van der Waals surface area contributed by atoms with Gasteiger partial charge in [0.2, 0.25) is 0 Å². The molecule has 0 aliphatic heterocycles. The van der Waals surface area contributed by atoms with Gasteiger partial charge in [-0.3, -0.25) is 10.1 Å². The van der Waals surface area contributed by atoms with Gasteiger partial charge in [0.05, 0.1) is 22.0 Å². The number of para-hydroxylation sites is 1. The largest absolute Gasteiger partial charge is 0.493 e. The Kier molecular flexibility index (Phi) is 6.20. The molecule has 0 aliphatic rings. The Morgan fingerprint density at radius 3 is 2.67 bits per heavy atom. The van der Waals surface area contributed by atoms with Crippen molar-refractivity contribution in [1.82, 2.24) is 0 Å². The molecule has 0 aliphatic carbocycles. The lowest BCUT2D eigenvalue weighted by atomic mass is 10.2. The SMILES string of the molecule is CCOc1ccccc1COC(=O)c1ccc(SC)c([N+](=O)[O-])c1. The standard InChI is InChI=1S/C17H17NO5S/c1-3-22-15-7-5-4-6-13(15)11-23-17(19)12-8-9-16(24-2)14(10-12)18(20)21/h4-10H,3,11H2,1-2H3. The first-order valence-electron chi connectivity index (χ1n) is 7.27. The third kappa shape index (κ3) is 4.26. The lowest BCUT2D eigenvalue weighted by Gasteiger charge is -2.10. The Morgan fingerprint density at radius 2 is 2.00 bits per heavy atom. The van der Waals surface area contributed by atoms with E-state index in [9.17, 15) is 14.9 Å². The van der Waals surface area contributed by atoms with E-state index in [1.54, 1.807) is 24.5 Å². The van der Waals surface area contributed by atoms with Crippen LogP contribution in [-0.2, 0) is 11.3 Å². The fourth-order valence-corrected chi connectivity index (χ4v) is 2.65.